The van der Waals surface area contributed by atoms with E-state index in [2.05, 4.69) is 11.8 Å². The zero-order chi connectivity index (χ0) is 18.2. The lowest BCUT2D eigenvalue weighted by Crippen LogP contribution is -1.90. The number of aryl methyl sites for hydroxylation is 1. The molecule has 1 aliphatic carbocycles. The van der Waals surface area contributed by atoms with Crippen LogP contribution in [0.4, 0.5) is 8.78 Å². The van der Waals surface area contributed by atoms with E-state index in [0.717, 1.165) is 22.3 Å². The van der Waals surface area contributed by atoms with Gasteiger partial charge in [0, 0.05) is 12.0 Å². The summed E-state index contributed by atoms with van der Waals surface area (Å²) in [4.78, 5) is 0. The average molecular weight is 336 g/mol. The van der Waals surface area contributed by atoms with Crippen molar-refractivity contribution in [1.82, 2.24) is 0 Å². The van der Waals surface area contributed by atoms with Crippen molar-refractivity contribution >= 4 is 5.57 Å². The molecule has 128 valence electrons. The Kier molecular flexibility index (Phi) is 6.71. The second kappa shape index (κ2) is 8.99. The summed E-state index contributed by atoms with van der Waals surface area (Å²) in [6.07, 6.45) is 4.51. The molecule has 0 fully saturated rings. The molecule has 1 aliphatic rings. The maximum Gasteiger partial charge on any atom is 0.139 e. The summed E-state index contributed by atoms with van der Waals surface area (Å²) in [5.74, 6) is 5.47. The number of halogens is 2. The van der Waals surface area contributed by atoms with Gasteiger partial charge in [-0.15, -0.1) is 0 Å². The molecule has 0 atom stereocenters. The topological polar surface area (TPSA) is 0 Å². The molecule has 0 spiro atoms. The second-order valence-electron chi connectivity index (χ2n) is 5.62. The normalized spacial score (nSPS) is 12.8. The molecule has 2 aromatic carbocycles. The molecule has 0 aromatic heterocycles. The van der Waals surface area contributed by atoms with Crippen LogP contribution in [-0.4, -0.2) is 0 Å². The highest BCUT2D eigenvalue weighted by molar-refractivity contribution is 5.69. The summed E-state index contributed by atoms with van der Waals surface area (Å²) in [7, 11) is 0. The van der Waals surface area contributed by atoms with Crippen molar-refractivity contribution in [2.75, 3.05) is 0 Å². The monoisotopic (exact) mass is 336 g/mol. The standard InChI is InChI=1S/C21H16F2.C2H6/c1-15-2-6-19(21(23)14-15)9-5-16-3-7-17(8-4-16)18-10-12-20(22)13-11-18;1-2/h2-4,6-8,10,12,14H,11,13H2,1H3;1-2H3. The van der Waals surface area contributed by atoms with Crippen LogP contribution in [0.15, 0.2) is 60.4 Å². The van der Waals surface area contributed by atoms with Gasteiger partial charge in [0.15, 0.2) is 0 Å². The van der Waals surface area contributed by atoms with Gasteiger partial charge in [0.2, 0.25) is 0 Å². The summed E-state index contributed by atoms with van der Waals surface area (Å²) < 4.78 is 26.8. The third-order valence-electron chi connectivity index (χ3n) is 3.82. The largest absolute Gasteiger partial charge is 0.212 e. The smallest absolute Gasteiger partial charge is 0.139 e. The molecule has 0 N–H and O–H groups in total. The first-order chi connectivity index (χ1) is 12.1. The molecule has 0 saturated heterocycles. The van der Waals surface area contributed by atoms with Crippen molar-refractivity contribution in [2.45, 2.75) is 33.6 Å². The van der Waals surface area contributed by atoms with Gasteiger partial charge < -0.3 is 0 Å². The fraction of sp³-hybridized carbons (Fsp3) is 0.217. The van der Waals surface area contributed by atoms with E-state index in [0.29, 0.717) is 18.4 Å². The van der Waals surface area contributed by atoms with E-state index in [9.17, 15) is 8.78 Å². The molecular formula is C23H22F2. The molecular weight excluding hydrogens is 314 g/mol. The molecule has 3 rings (SSSR count). The van der Waals surface area contributed by atoms with Gasteiger partial charge in [0.05, 0.1) is 5.56 Å². The fourth-order valence-electron chi connectivity index (χ4n) is 2.48. The molecule has 0 unspecified atom stereocenters. The molecule has 0 amide bonds. The maximum absolute atomic E-state index is 13.7. The number of allylic oxidation sites excluding steroid dienone is 4. The molecule has 0 heterocycles. The van der Waals surface area contributed by atoms with E-state index < -0.39 is 0 Å². The third-order valence-corrected chi connectivity index (χ3v) is 3.82. The highest BCUT2D eigenvalue weighted by Gasteiger charge is 2.07. The predicted octanol–water partition coefficient (Wildman–Crippen LogP) is 6.59. The molecule has 2 heteroatoms. The van der Waals surface area contributed by atoms with Crippen LogP contribution in [0, 0.1) is 24.6 Å². The lowest BCUT2D eigenvalue weighted by Gasteiger charge is -2.10. The lowest BCUT2D eigenvalue weighted by molar-refractivity contribution is 0.590. The third kappa shape index (κ3) is 5.16. The Morgan fingerprint density at radius 2 is 1.56 bits per heavy atom. The Hall–Kier alpha value is -2.66. The summed E-state index contributed by atoms with van der Waals surface area (Å²) in [5.41, 5.74) is 4.29. The van der Waals surface area contributed by atoms with Crippen molar-refractivity contribution < 1.29 is 8.78 Å². The van der Waals surface area contributed by atoms with Crippen molar-refractivity contribution in [3.05, 3.63) is 88.5 Å². The van der Waals surface area contributed by atoms with Crippen LogP contribution in [0.3, 0.4) is 0 Å². The fourth-order valence-corrected chi connectivity index (χ4v) is 2.48. The van der Waals surface area contributed by atoms with Crippen molar-refractivity contribution in [3.63, 3.8) is 0 Å². The number of hydrogen-bond donors (Lipinski definition) is 0. The zero-order valence-corrected chi connectivity index (χ0v) is 14.9. The first-order valence-corrected chi connectivity index (χ1v) is 8.56. The van der Waals surface area contributed by atoms with E-state index >= 15 is 0 Å². The number of rotatable bonds is 1. The quantitative estimate of drug-likeness (QED) is 0.515. The van der Waals surface area contributed by atoms with E-state index in [1.54, 1.807) is 6.07 Å². The van der Waals surface area contributed by atoms with Crippen molar-refractivity contribution in [1.29, 1.82) is 0 Å². The van der Waals surface area contributed by atoms with Crippen LogP contribution < -0.4 is 0 Å². The zero-order valence-electron chi connectivity index (χ0n) is 14.9. The van der Waals surface area contributed by atoms with Crippen LogP contribution in [0.25, 0.3) is 5.57 Å². The van der Waals surface area contributed by atoms with Gasteiger partial charge in [-0.1, -0.05) is 50.0 Å². The Morgan fingerprint density at radius 3 is 2.16 bits per heavy atom. The Labute approximate surface area is 148 Å². The van der Waals surface area contributed by atoms with Crippen LogP contribution in [0.5, 0.6) is 0 Å². The summed E-state index contributed by atoms with van der Waals surface area (Å²) in [6, 6.07) is 12.8. The molecule has 0 nitrogen and oxygen atoms in total. The van der Waals surface area contributed by atoms with Gasteiger partial charge in [-0.2, -0.15) is 0 Å². The van der Waals surface area contributed by atoms with Gasteiger partial charge in [-0.25, -0.2) is 8.78 Å². The Balaban J connectivity index is 0.00000109. The Bertz CT molecular complexity index is 844. The summed E-state index contributed by atoms with van der Waals surface area (Å²) in [5, 5.41) is 0. The van der Waals surface area contributed by atoms with E-state index in [-0.39, 0.29) is 11.6 Å². The van der Waals surface area contributed by atoms with Crippen LogP contribution >= 0.6 is 0 Å². The number of benzene rings is 2. The van der Waals surface area contributed by atoms with Crippen molar-refractivity contribution in [2.24, 2.45) is 0 Å². The SMILES string of the molecule is CC.Cc1ccc(C#Cc2ccc(C3=CC=C(F)CC3)cc2)c(F)c1. The molecule has 25 heavy (non-hydrogen) atoms. The first-order valence-electron chi connectivity index (χ1n) is 8.56. The van der Waals surface area contributed by atoms with Crippen LogP contribution in [0.1, 0.15) is 48.9 Å². The van der Waals surface area contributed by atoms with Crippen LogP contribution in [0.2, 0.25) is 0 Å². The molecule has 2 aromatic rings. The molecule has 0 saturated carbocycles. The minimum atomic E-state index is -0.296. The summed E-state index contributed by atoms with van der Waals surface area (Å²) in [6.45, 7) is 5.85. The van der Waals surface area contributed by atoms with E-state index in [1.807, 2.05) is 57.2 Å². The van der Waals surface area contributed by atoms with Gasteiger partial charge in [0.1, 0.15) is 11.6 Å². The highest BCUT2D eigenvalue weighted by atomic mass is 19.1. The molecule has 0 aliphatic heterocycles. The molecule has 0 bridgehead atoms. The second-order valence-corrected chi connectivity index (χ2v) is 5.62. The summed E-state index contributed by atoms with van der Waals surface area (Å²) >= 11 is 0. The lowest BCUT2D eigenvalue weighted by atomic mass is 9.96. The highest BCUT2D eigenvalue weighted by Crippen LogP contribution is 2.27. The maximum atomic E-state index is 13.7. The van der Waals surface area contributed by atoms with Gasteiger partial charge in [-0.3, -0.25) is 0 Å². The predicted molar refractivity (Wildman–Crippen MR) is 101 cm³/mol. The first kappa shape index (κ1) is 18.7. The van der Waals surface area contributed by atoms with Gasteiger partial charge >= 0.3 is 0 Å². The van der Waals surface area contributed by atoms with E-state index in [1.165, 1.54) is 12.1 Å². The number of hydrogen-bond acceptors (Lipinski definition) is 0. The van der Waals surface area contributed by atoms with Gasteiger partial charge in [-0.05, 0) is 60.4 Å². The van der Waals surface area contributed by atoms with E-state index in [4.69, 9.17) is 0 Å². The Morgan fingerprint density at radius 1 is 0.840 bits per heavy atom. The average Bonchev–Trinajstić information content (AvgIpc) is 2.64. The minimum Gasteiger partial charge on any atom is -0.212 e. The van der Waals surface area contributed by atoms with Crippen LogP contribution in [-0.2, 0) is 0 Å². The minimum absolute atomic E-state index is 0.0728. The van der Waals surface area contributed by atoms with Crippen molar-refractivity contribution in [3.8, 4) is 11.8 Å². The molecule has 0 radical (unpaired) electrons. The van der Waals surface area contributed by atoms with Gasteiger partial charge in [0.25, 0.3) is 0 Å².